The van der Waals surface area contributed by atoms with E-state index in [4.69, 9.17) is 20.8 Å². The number of carbonyl (C=O) groups excluding carboxylic acids is 1. The Balaban J connectivity index is 2.21. The molecule has 9 nitrogen and oxygen atoms in total. The highest BCUT2D eigenvalue weighted by Crippen LogP contribution is 2.24. The number of halogens is 1. The molecule has 0 atom stereocenters. The molecule has 178 valence electrons. The Bertz CT molecular complexity index is 1020. The van der Waals surface area contributed by atoms with Gasteiger partial charge in [0.15, 0.2) is 0 Å². The van der Waals surface area contributed by atoms with E-state index in [1.165, 1.54) is 17.8 Å². The molecule has 0 aliphatic heterocycles. The molecule has 6 N–H and O–H groups in total. The van der Waals surface area contributed by atoms with Gasteiger partial charge in [0.1, 0.15) is 29.8 Å². The summed E-state index contributed by atoms with van der Waals surface area (Å²) in [6.07, 6.45) is 0.731. The molecule has 2 aromatic rings. The lowest BCUT2D eigenvalue weighted by molar-refractivity contribution is -0.145. The van der Waals surface area contributed by atoms with Gasteiger partial charge in [-0.1, -0.05) is 29.4 Å². The Hall–Kier alpha value is -2.83. The van der Waals surface area contributed by atoms with E-state index < -0.39 is 11.8 Å². The molecule has 0 spiro atoms. The van der Waals surface area contributed by atoms with Crippen molar-refractivity contribution in [3.8, 4) is 0 Å². The van der Waals surface area contributed by atoms with Gasteiger partial charge in [0.05, 0.1) is 6.61 Å². The molecule has 0 fully saturated rings. The lowest BCUT2D eigenvalue weighted by atomic mass is 10.0. The van der Waals surface area contributed by atoms with Crippen LogP contribution in [-0.4, -0.2) is 36.1 Å². The molecule has 33 heavy (non-hydrogen) atoms. The number of carbonyl (C=O) groups is 1. The predicted octanol–water partition coefficient (Wildman–Crippen LogP) is 3.27. The van der Waals surface area contributed by atoms with Crippen molar-refractivity contribution in [2.75, 3.05) is 13.2 Å². The topological polar surface area (TPSA) is 145 Å². The zero-order valence-corrected chi connectivity index (χ0v) is 19.3. The van der Waals surface area contributed by atoms with Gasteiger partial charge in [0.2, 0.25) is 0 Å². The molecule has 0 aliphatic rings. The third-order valence-electron chi connectivity index (χ3n) is 4.50. The highest BCUT2D eigenvalue weighted by Gasteiger charge is 2.10. The normalized spacial score (nSPS) is 12.2. The molecule has 0 radical (unpaired) electrons. The van der Waals surface area contributed by atoms with Crippen molar-refractivity contribution >= 4 is 35.3 Å². The molecule has 2 aromatic carbocycles. The fourth-order valence-corrected chi connectivity index (χ4v) is 3.13. The molecular weight excluding hydrogens is 449 g/mol. The van der Waals surface area contributed by atoms with E-state index in [0.29, 0.717) is 17.7 Å². The number of ether oxygens (including phenoxy) is 1. The summed E-state index contributed by atoms with van der Waals surface area (Å²) in [4.78, 5) is 25.6. The lowest BCUT2D eigenvalue weighted by Crippen LogP contribution is -2.23. The summed E-state index contributed by atoms with van der Waals surface area (Å²) in [6.45, 7) is 3.83. The predicted molar refractivity (Wildman–Crippen MR) is 126 cm³/mol. The summed E-state index contributed by atoms with van der Waals surface area (Å²) in [5.74, 6) is -0.741. The van der Waals surface area contributed by atoms with Gasteiger partial charge in [0, 0.05) is 17.7 Å². The van der Waals surface area contributed by atoms with E-state index in [1.807, 2.05) is 32.0 Å². The van der Waals surface area contributed by atoms with E-state index in [0.717, 1.165) is 28.6 Å². The van der Waals surface area contributed by atoms with Crippen LogP contribution < -0.4 is 16.5 Å². The van der Waals surface area contributed by atoms with E-state index >= 15 is 0 Å². The highest BCUT2D eigenvalue weighted by atomic mass is 32.2. The molecule has 0 aromatic heterocycles. The third-order valence-corrected chi connectivity index (χ3v) is 5.03. The molecule has 2 rings (SSSR count). The number of hydrogen-bond acceptors (Lipinski definition) is 8. The van der Waals surface area contributed by atoms with Crippen molar-refractivity contribution in [1.82, 2.24) is 5.64 Å². The molecule has 11 heteroatoms. The molecule has 0 bridgehead atoms. The van der Waals surface area contributed by atoms with Gasteiger partial charge < -0.3 is 10.5 Å². The maximum Gasteiger partial charge on any atom is 0.306 e. The number of benzene rings is 2. The van der Waals surface area contributed by atoms with Crippen LogP contribution >= 0.6 is 11.9 Å². The monoisotopic (exact) mass is 477 g/mol. The quantitative estimate of drug-likeness (QED) is 0.0964. The number of nitrogens with zero attached hydrogens (tertiary/aromatic N) is 2. The second-order valence-electron chi connectivity index (χ2n) is 7.17. The van der Waals surface area contributed by atoms with Crippen LogP contribution in [0.3, 0.4) is 0 Å². The number of esters is 1. The SMILES string of the molecule is Cc1ccc(C)c(CC(N=C(N)COC(=O)CCCONO)=Nc2ccc(SN)cc2F)c1. The average molecular weight is 478 g/mol. The molecular formula is C22H28FN5O4S. The van der Waals surface area contributed by atoms with Gasteiger partial charge in [-0.2, -0.15) is 0 Å². The number of aliphatic imine (C=N–C) groups is 2. The van der Waals surface area contributed by atoms with Crippen LogP contribution in [0.2, 0.25) is 0 Å². The van der Waals surface area contributed by atoms with Crippen molar-refractivity contribution in [1.29, 1.82) is 0 Å². The minimum atomic E-state index is -0.538. The standard InChI is InChI=1S/C22H28FN5O4S/c1-14-5-6-15(2)16(10-14)11-21(26-19-8-7-17(33-25)12-18(19)23)27-20(24)13-31-22(29)4-3-9-32-28-30/h5-8,10,12,28,30H,3-4,9,11,13,25H2,1-2H3,(H2,24,26,27). The number of amidine groups is 2. The van der Waals surface area contributed by atoms with Gasteiger partial charge in [-0.15, -0.1) is 0 Å². The van der Waals surface area contributed by atoms with Gasteiger partial charge >= 0.3 is 5.97 Å². The molecule has 0 amide bonds. The Morgan fingerprint density at radius 2 is 2.03 bits per heavy atom. The molecule has 0 saturated heterocycles. The van der Waals surface area contributed by atoms with Gasteiger partial charge in [0.25, 0.3) is 0 Å². The highest BCUT2D eigenvalue weighted by molar-refractivity contribution is 7.97. The fraction of sp³-hybridized carbons (Fsp3) is 0.318. The summed E-state index contributed by atoms with van der Waals surface area (Å²) in [7, 11) is 0. The van der Waals surface area contributed by atoms with Gasteiger partial charge in [-0.25, -0.2) is 14.4 Å². The van der Waals surface area contributed by atoms with Crippen LogP contribution in [0, 0.1) is 19.7 Å². The van der Waals surface area contributed by atoms with Crippen LogP contribution in [0.1, 0.15) is 29.5 Å². The summed E-state index contributed by atoms with van der Waals surface area (Å²) in [6, 6.07) is 10.5. The Morgan fingerprint density at radius 1 is 1.24 bits per heavy atom. The Labute approximate surface area is 196 Å². The summed E-state index contributed by atoms with van der Waals surface area (Å²) in [5.41, 5.74) is 10.7. The molecule has 0 unspecified atom stereocenters. The van der Waals surface area contributed by atoms with Crippen molar-refractivity contribution in [2.45, 2.75) is 38.0 Å². The number of aryl methyl sites for hydroxylation is 2. The van der Waals surface area contributed by atoms with Crippen molar-refractivity contribution < 1.29 is 24.0 Å². The lowest BCUT2D eigenvalue weighted by Gasteiger charge is -2.10. The number of nitrogens with one attached hydrogen (secondary N) is 1. The fourth-order valence-electron chi connectivity index (χ4n) is 2.81. The first-order chi connectivity index (χ1) is 15.8. The first kappa shape index (κ1) is 26.4. The Kier molecular flexibility index (Phi) is 10.9. The van der Waals surface area contributed by atoms with Crippen molar-refractivity contribution in [3.05, 3.63) is 58.9 Å². The first-order valence-corrected chi connectivity index (χ1v) is 11.0. The van der Waals surface area contributed by atoms with E-state index in [1.54, 1.807) is 6.07 Å². The largest absolute Gasteiger partial charge is 0.458 e. The zero-order chi connectivity index (χ0) is 24.2. The third kappa shape index (κ3) is 9.28. The van der Waals surface area contributed by atoms with E-state index in [9.17, 15) is 9.18 Å². The van der Waals surface area contributed by atoms with Gasteiger partial charge in [-0.3, -0.25) is 20.0 Å². The number of rotatable bonds is 11. The van der Waals surface area contributed by atoms with Crippen LogP contribution in [0.25, 0.3) is 0 Å². The smallest absolute Gasteiger partial charge is 0.306 e. The second kappa shape index (κ2) is 13.7. The minimum absolute atomic E-state index is 0.0234. The van der Waals surface area contributed by atoms with Crippen molar-refractivity contribution in [2.24, 2.45) is 20.9 Å². The van der Waals surface area contributed by atoms with E-state index in [-0.39, 0.29) is 37.0 Å². The van der Waals surface area contributed by atoms with E-state index in [2.05, 4.69) is 14.8 Å². The Morgan fingerprint density at radius 3 is 2.73 bits per heavy atom. The maximum absolute atomic E-state index is 14.5. The average Bonchev–Trinajstić information content (AvgIpc) is 2.79. The summed E-state index contributed by atoms with van der Waals surface area (Å²) in [5, 5.41) is 13.8. The van der Waals surface area contributed by atoms with Crippen LogP contribution in [0.4, 0.5) is 10.1 Å². The summed E-state index contributed by atoms with van der Waals surface area (Å²) >= 11 is 0.937. The van der Waals surface area contributed by atoms with Crippen LogP contribution in [0.5, 0.6) is 0 Å². The summed E-state index contributed by atoms with van der Waals surface area (Å²) < 4.78 is 19.6. The van der Waals surface area contributed by atoms with Crippen LogP contribution in [-0.2, 0) is 20.8 Å². The molecule has 0 heterocycles. The zero-order valence-electron chi connectivity index (χ0n) is 18.5. The molecule has 0 saturated carbocycles. The molecule has 0 aliphatic carbocycles. The maximum atomic E-state index is 14.5. The van der Waals surface area contributed by atoms with Crippen molar-refractivity contribution in [3.63, 3.8) is 0 Å². The van der Waals surface area contributed by atoms with Crippen LogP contribution in [0.15, 0.2) is 51.3 Å². The minimum Gasteiger partial charge on any atom is -0.458 e. The first-order valence-electron chi connectivity index (χ1n) is 10.1. The number of hydrogen-bond donors (Lipinski definition) is 4. The van der Waals surface area contributed by atoms with Gasteiger partial charge in [-0.05, 0) is 61.5 Å². The number of nitrogens with two attached hydrogens (primary N) is 2. The second-order valence-corrected chi connectivity index (χ2v) is 7.88.